The maximum absolute atomic E-state index is 13.2. The van der Waals surface area contributed by atoms with E-state index in [0.717, 1.165) is 38.9 Å². The molecule has 0 aliphatic heterocycles. The lowest BCUT2D eigenvalue weighted by Gasteiger charge is -2.19. The van der Waals surface area contributed by atoms with Crippen molar-refractivity contribution in [3.05, 3.63) is 81.0 Å². The minimum Gasteiger partial charge on any atom is -0.497 e. The Morgan fingerprint density at radius 2 is 1.88 bits per heavy atom. The first-order valence-corrected chi connectivity index (χ1v) is 11.3. The summed E-state index contributed by atoms with van der Waals surface area (Å²) in [5.41, 5.74) is 4.29. The zero-order valence-corrected chi connectivity index (χ0v) is 19.6. The second kappa shape index (κ2) is 8.93. The molecule has 6 nitrogen and oxygen atoms in total. The Bertz CT molecular complexity index is 1460. The summed E-state index contributed by atoms with van der Waals surface area (Å²) >= 11 is 1.29. The van der Waals surface area contributed by atoms with Crippen molar-refractivity contribution >= 4 is 33.1 Å². The number of nitrogens with zero attached hydrogens (tertiary/aromatic N) is 2. The number of benzene rings is 2. The molecule has 166 valence electrons. The highest BCUT2D eigenvalue weighted by Crippen LogP contribution is 2.36. The minimum atomic E-state index is -0.764. The average molecular weight is 458 g/mol. The molecule has 0 saturated heterocycles. The fourth-order valence-corrected chi connectivity index (χ4v) is 4.92. The van der Waals surface area contributed by atoms with E-state index in [2.05, 4.69) is 11.4 Å². The number of methoxy groups -OCH3 is 1. The Balaban J connectivity index is 1.69. The number of rotatable bonds is 5. The van der Waals surface area contributed by atoms with Gasteiger partial charge in [0.1, 0.15) is 22.9 Å². The molecule has 0 aliphatic rings. The highest BCUT2D eigenvalue weighted by molar-refractivity contribution is 7.15. The van der Waals surface area contributed by atoms with E-state index in [1.54, 1.807) is 20.1 Å². The number of pyridine rings is 1. The quantitative estimate of drug-likeness (QED) is 0.433. The van der Waals surface area contributed by atoms with Gasteiger partial charge in [-0.2, -0.15) is 5.26 Å². The van der Waals surface area contributed by atoms with E-state index in [1.807, 2.05) is 61.7 Å². The van der Waals surface area contributed by atoms with Crippen LogP contribution in [0, 0.1) is 25.2 Å². The fraction of sp³-hybridized carbons (Fsp3) is 0.192. The first-order valence-electron chi connectivity index (χ1n) is 10.4. The smallest absolute Gasteiger partial charge is 0.252 e. The van der Waals surface area contributed by atoms with Crippen molar-refractivity contribution in [3.8, 4) is 22.9 Å². The van der Waals surface area contributed by atoms with E-state index in [4.69, 9.17) is 4.74 Å². The molecule has 2 aromatic carbocycles. The Morgan fingerprint density at radius 1 is 1.15 bits per heavy atom. The molecule has 0 bridgehead atoms. The van der Waals surface area contributed by atoms with Gasteiger partial charge in [-0.3, -0.25) is 14.2 Å². The SMILES string of the molecule is COc1ccc(-c2csc(NC(=O)C(C)n3c(=O)cc(C)c4cccc(C)c43)c2C#N)cc1. The van der Waals surface area contributed by atoms with Gasteiger partial charge in [0.15, 0.2) is 0 Å². The summed E-state index contributed by atoms with van der Waals surface area (Å²) in [6.07, 6.45) is 0. The maximum Gasteiger partial charge on any atom is 0.252 e. The number of ether oxygens (including phenoxy) is 1. The van der Waals surface area contributed by atoms with E-state index in [0.29, 0.717) is 10.6 Å². The van der Waals surface area contributed by atoms with Gasteiger partial charge in [-0.05, 0) is 49.6 Å². The summed E-state index contributed by atoms with van der Waals surface area (Å²) in [7, 11) is 1.60. The van der Waals surface area contributed by atoms with Crippen molar-refractivity contribution in [2.45, 2.75) is 26.8 Å². The van der Waals surface area contributed by atoms with Crippen molar-refractivity contribution < 1.29 is 9.53 Å². The normalized spacial score (nSPS) is 11.7. The first-order chi connectivity index (χ1) is 15.8. The third-order valence-corrected chi connectivity index (χ3v) is 6.68. The molecule has 4 rings (SSSR count). The molecule has 1 N–H and O–H groups in total. The van der Waals surface area contributed by atoms with Gasteiger partial charge in [-0.25, -0.2) is 0 Å². The molecule has 0 saturated carbocycles. The predicted octanol–water partition coefficient (Wildman–Crippen LogP) is 5.43. The van der Waals surface area contributed by atoms with Crippen LogP contribution in [0.15, 0.2) is 58.7 Å². The van der Waals surface area contributed by atoms with E-state index in [9.17, 15) is 14.9 Å². The van der Waals surface area contributed by atoms with Gasteiger partial charge in [0.05, 0.1) is 18.2 Å². The molecule has 2 heterocycles. The number of anilines is 1. The molecule has 1 atom stereocenters. The maximum atomic E-state index is 13.2. The standard InChI is InChI=1S/C26H23N3O3S/c1-15-6-5-7-20-16(2)12-23(30)29(24(15)20)17(3)25(31)28-26-21(13-27)22(14-33-26)18-8-10-19(32-4)11-9-18/h5-12,14,17H,1-4H3,(H,28,31). The summed E-state index contributed by atoms with van der Waals surface area (Å²) in [5.74, 6) is 0.367. The third kappa shape index (κ3) is 4.01. The molecular formula is C26H23N3O3S. The number of carbonyl (C=O) groups is 1. The van der Waals surface area contributed by atoms with Crippen LogP contribution in [0.3, 0.4) is 0 Å². The summed E-state index contributed by atoms with van der Waals surface area (Å²) < 4.78 is 6.72. The topological polar surface area (TPSA) is 84.1 Å². The van der Waals surface area contributed by atoms with Crippen LogP contribution in [-0.2, 0) is 4.79 Å². The second-order valence-corrected chi connectivity index (χ2v) is 8.75. The molecule has 33 heavy (non-hydrogen) atoms. The first kappa shape index (κ1) is 22.3. The largest absolute Gasteiger partial charge is 0.497 e. The lowest BCUT2D eigenvalue weighted by molar-refractivity contribution is -0.118. The molecule has 0 radical (unpaired) electrons. The van der Waals surface area contributed by atoms with Gasteiger partial charge in [-0.15, -0.1) is 11.3 Å². The third-order valence-electron chi connectivity index (χ3n) is 5.79. The number of hydrogen-bond acceptors (Lipinski definition) is 5. The summed E-state index contributed by atoms with van der Waals surface area (Å²) in [5, 5.41) is 15.9. The van der Waals surface area contributed by atoms with Crippen LogP contribution in [0.1, 0.15) is 29.7 Å². The number of hydrogen-bond donors (Lipinski definition) is 1. The Morgan fingerprint density at radius 3 is 2.55 bits per heavy atom. The molecule has 7 heteroatoms. The van der Waals surface area contributed by atoms with E-state index in [-0.39, 0.29) is 11.5 Å². The molecule has 2 aromatic heterocycles. The fourth-order valence-electron chi connectivity index (χ4n) is 4.00. The number of carbonyl (C=O) groups excluding carboxylic acids is 1. The number of aryl methyl sites for hydroxylation is 2. The number of fused-ring (bicyclic) bond motifs is 1. The zero-order chi connectivity index (χ0) is 23.7. The molecule has 1 amide bonds. The van der Waals surface area contributed by atoms with Crippen LogP contribution >= 0.6 is 11.3 Å². The Kier molecular flexibility index (Phi) is 6.03. The lowest BCUT2D eigenvalue weighted by Crippen LogP contribution is -2.32. The van der Waals surface area contributed by atoms with Crippen molar-refractivity contribution in [2.24, 2.45) is 0 Å². The van der Waals surface area contributed by atoms with Gasteiger partial charge in [-0.1, -0.05) is 30.3 Å². The Labute approximate surface area is 195 Å². The van der Waals surface area contributed by atoms with Crippen LogP contribution in [-0.4, -0.2) is 17.6 Å². The van der Waals surface area contributed by atoms with E-state index >= 15 is 0 Å². The number of nitrogens with one attached hydrogen (secondary N) is 1. The highest BCUT2D eigenvalue weighted by Gasteiger charge is 2.23. The van der Waals surface area contributed by atoms with Gasteiger partial charge in [0.25, 0.3) is 5.56 Å². The summed E-state index contributed by atoms with van der Waals surface area (Å²) in [4.78, 5) is 26.1. The molecular weight excluding hydrogens is 434 g/mol. The number of para-hydroxylation sites is 1. The molecule has 0 fully saturated rings. The lowest BCUT2D eigenvalue weighted by atomic mass is 10.0. The summed E-state index contributed by atoms with van der Waals surface area (Å²) in [6.45, 7) is 5.52. The van der Waals surface area contributed by atoms with Crippen LogP contribution in [0.4, 0.5) is 5.00 Å². The number of amides is 1. The Hall–Kier alpha value is -3.89. The van der Waals surface area contributed by atoms with Crippen LogP contribution in [0.2, 0.25) is 0 Å². The number of thiophene rings is 1. The van der Waals surface area contributed by atoms with Crippen molar-refractivity contribution in [1.29, 1.82) is 5.26 Å². The second-order valence-electron chi connectivity index (χ2n) is 7.87. The summed E-state index contributed by atoms with van der Waals surface area (Å²) in [6, 6.07) is 16.2. The number of nitriles is 1. The molecule has 0 spiro atoms. The van der Waals surface area contributed by atoms with E-state index < -0.39 is 6.04 Å². The van der Waals surface area contributed by atoms with Gasteiger partial charge >= 0.3 is 0 Å². The van der Waals surface area contributed by atoms with Crippen molar-refractivity contribution in [1.82, 2.24) is 4.57 Å². The highest BCUT2D eigenvalue weighted by atomic mass is 32.1. The average Bonchev–Trinajstić information content (AvgIpc) is 3.21. The van der Waals surface area contributed by atoms with Crippen molar-refractivity contribution in [2.75, 3.05) is 12.4 Å². The van der Waals surface area contributed by atoms with Gasteiger partial charge in [0.2, 0.25) is 5.91 Å². The zero-order valence-electron chi connectivity index (χ0n) is 18.8. The molecule has 0 aliphatic carbocycles. The number of aromatic nitrogens is 1. The molecule has 1 unspecified atom stereocenters. The van der Waals surface area contributed by atoms with Crippen LogP contribution < -0.4 is 15.6 Å². The minimum absolute atomic E-state index is 0.234. The molecule has 4 aromatic rings. The van der Waals surface area contributed by atoms with Crippen LogP contribution in [0.25, 0.3) is 22.0 Å². The van der Waals surface area contributed by atoms with Gasteiger partial charge < -0.3 is 10.1 Å². The van der Waals surface area contributed by atoms with Crippen LogP contribution in [0.5, 0.6) is 5.75 Å². The predicted molar refractivity (Wildman–Crippen MR) is 132 cm³/mol. The van der Waals surface area contributed by atoms with Crippen molar-refractivity contribution in [3.63, 3.8) is 0 Å². The van der Waals surface area contributed by atoms with E-state index in [1.165, 1.54) is 15.9 Å². The van der Waals surface area contributed by atoms with Gasteiger partial charge in [0, 0.05) is 22.4 Å². The monoisotopic (exact) mass is 457 g/mol.